The summed E-state index contributed by atoms with van der Waals surface area (Å²) in [6, 6.07) is 18.5. The maximum absolute atomic E-state index is 11.3. The zero-order valence-electron chi connectivity index (χ0n) is 12.6. The number of hydrogen-bond donors (Lipinski definition) is 2. The zero-order chi connectivity index (χ0) is 16.5. The zero-order valence-corrected chi connectivity index (χ0v) is 13.5. The Balaban J connectivity index is 1.81. The number of rotatable bonds is 8. The summed E-state index contributed by atoms with van der Waals surface area (Å²) in [5.74, 6) is -0.978. The normalized spacial score (nSPS) is 11.7. The molecule has 0 saturated heterocycles. The molecule has 2 aromatic rings. The molecule has 0 aliphatic rings. The third kappa shape index (κ3) is 6.18. The van der Waals surface area contributed by atoms with Crippen molar-refractivity contribution < 1.29 is 14.6 Å². The van der Waals surface area contributed by atoms with Gasteiger partial charge < -0.3 is 15.2 Å². The molecule has 2 N–H and O–H groups in total. The molecule has 0 unspecified atom stereocenters. The van der Waals surface area contributed by atoms with Gasteiger partial charge in [0.1, 0.15) is 6.04 Å². The molecule has 0 spiro atoms. The van der Waals surface area contributed by atoms with Crippen LogP contribution in [-0.2, 0) is 22.6 Å². The van der Waals surface area contributed by atoms with Gasteiger partial charge in [-0.3, -0.25) is 0 Å². The predicted molar refractivity (Wildman–Crippen MR) is 93.4 cm³/mol. The maximum atomic E-state index is 11.3. The van der Waals surface area contributed by atoms with E-state index in [1.54, 1.807) is 0 Å². The van der Waals surface area contributed by atoms with Crippen LogP contribution in [0.4, 0.5) is 0 Å². The van der Waals surface area contributed by atoms with Crippen molar-refractivity contribution in [1.29, 1.82) is 0 Å². The smallest absolute Gasteiger partial charge is 0.328 e. The highest BCUT2D eigenvalue weighted by atomic mass is 32.1. The molecule has 0 saturated carbocycles. The van der Waals surface area contributed by atoms with Gasteiger partial charge >= 0.3 is 5.97 Å². The van der Waals surface area contributed by atoms with Crippen molar-refractivity contribution in [2.45, 2.75) is 19.1 Å². The number of carbonyl (C=O) groups is 1. The molecule has 0 fully saturated rings. The SMILES string of the molecule is O=C(O)[C@H](COCc1ccccc1)NC(=S)Cc1ccccc1. The second-order valence-electron chi connectivity index (χ2n) is 5.12. The van der Waals surface area contributed by atoms with Gasteiger partial charge in [0.15, 0.2) is 0 Å². The van der Waals surface area contributed by atoms with Gasteiger partial charge in [-0.1, -0.05) is 72.9 Å². The molecule has 0 radical (unpaired) electrons. The summed E-state index contributed by atoms with van der Waals surface area (Å²) >= 11 is 5.25. The van der Waals surface area contributed by atoms with E-state index in [0.29, 0.717) is 18.0 Å². The average Bonchev–Trinajstić information content (AvgIpc) is 2.55. The molecule has 0 heterocycles. The van der Waals surface area contributed by atoms with Crippen LogP contribution in [-0.4, -0.2) is 28.7 Å². The van der Waals surface area contributed by atoms with E-state index in [9.17, 15) is 9.90 Å². The van der Waals surface area contributed by atoms with E-state index in [1.165, 1.54) is 0 Å². The monoisotopic (exact) mass is 329 g/mol. The predicted octanol–water partition coefficient (Wildman–Crippen LogP) is 2.82. The summed E-state index contributed by atoms with van der Waals surface area (Å²) < 4.78 is 5.49. The molecule has 23 heavy (non-hydrogen) atoms. The fraction of sp³-hybridized carbons (Fsp3) is 0.222. The molecule has 2 rings (SSSR count). The summed E-state index contributed by atoms with van der Waals surface area (Å²) in [6.45, 7) is 0.427. The van der Waals surface area contributed by atoms with Crippen LogP contribution < -0.4 is 5.32 Å². The molecule has 5 heteroatoms. The summed E-state index contributed by atoms with van der Waals surface area (Å²) in [6.07, 6.45) is 0.513. The average molecular weight is 329 g/mol. The van der Waals surface area contributed by atoms with E-state index in [4.69, 9.17) is 17.0 Å². The minimum Gasteiger partial charge on any atom is -0.480 e. The minimum atomic E-state index is -0.978. The second kappa shape index (κ2) is 9.02. The van der Waals surface area contributed by atoms with Gasteiger partial charge in [0.05, 0.1) is 18.2 Å². The minimum absolute atomic E-state index is 0.0547. The van der Waals surface area contributed by atoms with Gasteiger partial charge in [-0.05, 0) is 11.1 Å². The van der Waals surface area contributed by atoms with Crippen LogP contribution in [0.25, 0.3) is 0 Å². The number of aliphatic carboxylic acids is 1. The van der Waals surface area contributed by atoms with Crippen LogP contribution in [0.5, 0.6) is 0 Å². The number of thiocarbonyl (C=S) groups is 1. The Kier molecular flexibility index (Phi) is 6.72. The summed E-state index contributed by atoms with van der Waals surface area (Å²) in [5.41, 5.74) is 2.04. The van der Waals surface area contributed by atoms with Crippen LogP contribution in [0.15, 0.2) is 60.7 Å². The highest BCUT2D eigenvalue weighted by Gasteiger charge is 2.18. The summed E-state index contributed by atoms with van der Waals surface area (Å²) in [5, 5.41) is 12.1. The van der Waals surface area contributed by atoms with Crippen molar-refractivity contribution in [2.75, 3.05) is 6.61 Å². The van der Waals surface area contributed by atoms with Crippen molar-refractivity contribution in [3.63, 3.8) is 0 Å². The Hall–Kier alpha value is -2.24. The van der Waals surface area contributed by atoms with Gasteiger partial charge in [0.25, 0.3) is 0 Å². The van der Waals surface area contributed by atoms with Gasteiger partial charge in [-0.25, -0.2) is 4.79 Å². The van der Waals surface area contributed by atoms with Crippen molar-refractivity contribution in [3.05, 3.63) is 71.8 Å². The van der Waals surface area contributed by atoms with Crippen LogP contribution in [0, 0.1) is 0 Å². The fourth-order valence-electron chi connectivity index (χ4n) is 2.07. The van der Waals surface area contributed by atoms with Crippen molar-refractivity contribution in [3.8, 4) is 0 Å². The first kappa shape index (κ1) is 17.1. The van der Waals surface area contributed by atoms with Gasteiger partial charge in [0.2, 0.25) is 0 Å². The molecular formula is C18H19NO3S. The van der Waals surface area contributed by atoms with Crippen LogP contribution in [0.2, 0.25) is 0 Å². The van der Waals surface area contributed by atoms with E-state index in [1.807, 2.05) is 60.7 Å². The first-order valence-electron chi connectivity index (χ1n) is 7.33. The van der Waals surface area contributed by atoms with Crippen molar-refractivity contribution in [1.82, 2.24) is 5.32 Å². The van der Waals surface area contributed by atoms with Gasteiger partial charge in [0, 0.05) is 6.42 Å². The molecule has 0 aliphatic heterocycles. The van der Waals surface area contributed by atoms with Crippen molar-refractivity contribution >= 4 is 23.2 Å². The van der Waals surface area contributed by atoms with E-state index >= 15 is 0 Å². The van der Waals surface area contributed by atoms with E-state index in [2.05, 4.69) is 5.32 Å². The first-order chi connectivity index (χ1) is 11.1. The van der Waals surface area contributed by atoms with E-state index < -0.39 is 12.0 Å². The number of hydrogen-bond acceptors (Lipinski definition) is 3. The molecular weight excluding hydrogens is 310 g/mol. The third-order valence-electron chi connectivity index (χ3n) is 3.24. The lowest BCUT2D eigenvalue weighted by Crippen LogP contribution is -2.43. The second-order valence-corrected chi connectivity index (χ2v) is 5.61. The lowest BCUT2D eigenvalue weighted by atomic mass is 10.1. The highest BCUT2D eigenvalue weighted by molar-refractivity contribution is 7.80. The number of nitrogens with one attached hydrogen (secondary N) is 1. The van der Waals surface area contributed by atoms with E-state index in [0.717, 1.165) is 11.1 Å². The van der Waals surface area contributed by atoms with Crippen LogP contribution >= 0.6 is 12.2 Å². The number of carboxylic acids is 1. The van der Waals surface area contributed by atoms with Gasteiger partial charge in [-0.15, -0.1) is 0 Å². The topological polar surface area (TPSA) is 58.6 Å². The maximum Gasteiger partial charge on any atom is 0.328 e. The number of ether oxygens (including phenoxy) is 1. The fourth-order valence-corrected chi connectivity index (χ4v) is 2.38. The Bertz CT molecular complexity index is 631. The lowest BCUT2D eigenvalue weighted by molar-refractivity contribution is -0.140. The first-order valence-corrected chi connectivity index (χ1v) is 7.74. The van der Waals surface area contributed by atoms with E-state index in [-0.39, 0.29) is 6.61 Å². The molecule has 4 nitrogen and oxygen atoms in total. The molecule has 120 valence electrons. The molecule has 0 aromatic heterocycles. The van der Waals surface area contributed by atoms with Crippen LogP contribution in [0.1, 0.15) is 11.1 Å². The molecule has 0 aliphatic carbocycles. The Labute approximate surface area is 141 Å². The van der Waals surface area contributed by atoms with Crippen molar-refractivity contribution in [2.24, 2.45) is 0 Å². The summed E-state index contributed by atoms with van der Waals surface area (Å²) in [7, 11) is 0. The molecule has 1 atom stereocenters. The number of benzene rings is 2. The molecule has 0 amide bonds. The van der Waals surface area contributed by atoms with Crippen LogP contribution in [0.3, 0.4) is 0 Å². The Morgan fingerprint density at radius 1 is 1.04 bits per heavy atom. The molecule has 2 aromatic carbocycles. The lowest BCUT2D eigenvalue weighted by Gasteiger charge is -2.16. The Morgan fingerprint density at radius 2 is 1.61 bits per heavy atom. The quantitative estimate of drug-likeness (QED) is 0.729. The number of carboxylic acid groups (broad SMARTS) is 1. The largest absolute Gasteiger partial charge is 0.480 e. The Morgan fingerprint density at radius 3 is 2.17 bits per heavy atom. The third-order valence-corrected chi connectivity index (χ3v) is 3.50. The highest BCUT2D eigenvalue weighted by Crippen LogP contribution is 2.03. The standard InChI is InChI=1S/C18H19NO3S/c20-18(21)16(13-22-12-15-9-5-2-6-10-15)19-17(23)11-14-7-3-1-4-8-14/h1-10,16H,11-13H2,(H,19,23)(H,20,21)/t16-/m0/s1. The van der Waals surface area contributed by atoms with Gasteiger partial charge in [-0.2, -0.15) is 0 Å². The molecule has 0 bridgehead atoms. The summed E-state index contributed by atoms with van der Waals surface area (Å²) in [4.78, 5) is 11.8.